The third-order valence-electron chi connectivity index (χ3n) is 7.68. The quantitative estimate of drug-likeness (QED) is 0.267. The first kappa shape index (κ1) is 28.8. The first-order chi connectivity index (χ1) is 19.7. The maximum atomic E-state index is 13.0. The zero-order chi connectivity index (χ0) is 29.2. The van der Waals surface area contributed by atoms with E-state index in [-0.39, 0.29) is 23.2 Å². The fourth-order valence-corrected chi connectivity index (χ4v) is 6.60. The van der Waals surface area contributed by atoms with E-state index in [0.29, 0.717) is 49.2 Å². The summed E-state index contributed by atoms with van der Waals surface area (Å²) in [5.41, 5.74) is 9.27. The van der Waals surface area contributed by atoms with Crippen molar-refractivity contribution < 1.29 is 27.8 Å². The Hall–Kier alpha value is -3.71. The molecule has 3 heterocycles. The second kappa shape index (κ2) is 11.6. The van der Waals surface area contributed by atoms with Gasteiger partial charge in [0.05, 0.1) is 30.8 Å². The number of hydrogen-bond acceptors (Lipinski definition) is 10. The van der Waals surface area contributed by atoms with Crippen molar-refractivity contribution in [2.45, 2.75) is 42.1 Å². The van der Waals surface area contributed by atoms with Gasteiger partial charge in [-0.05, 0) is 31.7 Å². The minimum atomic E-state index is -3.78. The van der Waals surface area contributed by atoms with Crippen molar-refractivity contribution in [3.05, 3.63) is 60.6 Å². The van der Waals surface area contributed by atoms with Crippen LogP contribution in [0.15, 0.2) is 59.8 Å². The van der Waals surface area contributed by atoms with Crippen LogP contribution in [0.2, 0.25) is 0 Å². The Morgan fingerprint density at radius 2 is 1.83 bits per heavy atom. The molecule has 0 aliphatic heterocycles. The van der Waals surface area contributed by atoms with Crippen LogP contribution in [-0.4, -0.2) is 77.7 Å². The molecule has 0 saturated heterocycles. The Kier molecular flexibility index (Phi) is 8.18. The summed E-state index contributed by atoms with van der Waals surface area (Å²) in [6, 6.07) is 13.6. The number of nitrogens with zero attached hydrogens (tertiary/aromatic N) is 4. The van der Waals surface area contributed by atoms with E-state index in [1.807, 2.05) is 42.5 Å². The minimum absolute atomic E-state index is 0.0211. The van der Waals surface area contributed by atoms with E-state index in [2.05, 4.69) is 10.1 Å². The highest BCUT2D eigenvalue weighted by Gasteiger charge is 2.44. The van der Waals surface area contributed by atoms with Crippen molar-refractivity contribution >= 4 is 27.1 Å². The summed E-state index contributed by atoms with van der Waals surface area (Å²) < 4.78 is 38.3. The molecule has 1 saturated carbocycles. The molecule has 0 unspecified atom stereocenters. The third-order valence-corrected chi connectivity index (χ3v) is 8.84. The van der Waals surface area contributed by atoms with E-state index in [1.165, 1.54) is 11.6 Å². The lowest BCUT2D eigenvalue weighted by molar-refractivity contribution is -0.155. The van der Waals surface area contributed by atoms with Gasteiger partial charge in [-0.1, -0.05) is 36.4 Å². The molecule has 0 bridgehead atoms. The number of nitrogens with two attached hydrogens (primary N) is 1. The first-order valence-electron chi connectivity index (χ1n) is 13.3. The molecule has 1 fully saturated rings. The number of ketones is 1. The molecule has 4 aromatic rings. The number of fused-ring (bicyclic) bond motifs is 1. The van der Waals surface area contributed by atoms with Crippen molar-refractivity contribution in [2.24, 2.45) is 0 Å². The van der Waals surface area contributed by atoms with Gasteiger partial charge in [0.1, 0.15) is 22.9 Å². The van der Waals surface area contributed by atoms with E-state index >= 15 is 0 Å². The molecule has 0 atom stereocenters. The topological polar surface area (TPSA) is 159 Å². The van der Waals surface area contributed by atoms with Crippen LogP contribution in [0, 0.1) is 0 Å². The number of ether oxygens (including phenoxy) is 2. The number of sulfone groups is 1. The number of anilines is 1. The summed E-state index contributed by atoms with van der Waals surface area (Å²) in [4.78, 5) is 22.1. The zero-order valence-corrected chi connectivity index (χ0v) is 23.8. The van der Waals surface area contributed by atoms with Gasteiger partial charge in [-0.2, -0.15) is 9.61 Å². The van der Waals surface area contributed by atoms with E-state index in [0.717, 1.165) is 23.1 Å². The number of nitrogen functional groups attached to an aromatic ring is 1. The Balaban J connectivity index is 1.53. The fraction of sp³-hybridized carbons (Fsp3) is 0.379. The monoisotopic (exact) mass is 579 g/mol. The van der Waals surface area contributed by atoms with Crippen LogP contribution >= 0.6 is 0 Å². The summed E-state index contributed by atoms with van der Waals surface area (Å²) >= 11 is 0. The predicted octanol–water partition coefficient (Wildman–Crippen LogP) is 3.06. The van der Waals surface area contributed by atoms with Gasteiger partial charge in [0.2, 0.25) is 0 Å². The zero-order valence-electron chi connectivity index (χ0n) is 23.0. The van der Waals surface area contributed by atoms with Gasteiger partial charge in [-0.15, -0.1) is 0 Å². The van der Waals surface area contributed by atoms with Gasteiger partial charge < -0.3 is 20.3 Å². The molecule has 0 spiro atoms. The average Bonchev–Trinajstić information content (AvgIpc) is 3.41. The summed E-state index contributed by atoms with van der Waals surface area (Å²) in [6.07, 6.45) is 5.86. The lowest BCUT2D eigenvalue weighted by atomic mass is 9.75. The fourth-order valence-electron chi connectivity index (χ4n) is 5.54. The van der Waals surface area contributed by atoms with E-state index < -0.39 is 27.8 Å². The first-order valence-corrected chi connectivity index (χ1v) is 15.2. The molecule has 3 N–H and O–H groups in total. The number of rotatable bonds is 10. The molecule has 0 amide bonds. The highest BCUT2D eigenvalue weighted by molar-refractivity contribution is 7.91. The second-order valence-electron chi connectivity index (χ2n) is 10.3. The van der Waals surface area contributed by atoms with Crippen LogP contribution in [0.3, 0.4) is 0 Å². The van der Waals surface area contributed by atoms with Crippen molar-refractivity contribution in [2.75, 3.05) is 38.9 Å². The maximum absolute atomic E-state index is 13.0. The number of benzene rings is 1. The van der Waals surface area contributed by atoms with E-state index in [1.54, 1.807) is 12.4 Å². The van der Waals surface area contributed by atoms with Gasteiger partial charge in [-0.25, -0.2) is 13.4 Å². The molecular formula is C29H33N5O6S. The minimum Gasteiger partial charge on any atom is -0.388 e. The van der Waals surface area contributed by atoms with Gasteiger partial charge >= 0.3 is 0 Å². The molecule has 12 heteroatoms. The van der Waals surface area contributed by atoms with Crippen LogP contribution < -0.4 is 5.73 Å². The molecule has 1 aromatic carbocycles. The average molecular weight is 580 g/mol. The van der Waals surface area contributed by atoms with Crippen LogP contribution in [0.4, 0.5) is 5.82 Å². The van der Waals surface area contributed by atoms with Crippen LogP contribution in [0.25, 0.3) is 28.0 Å². The molecule has 11 nitrogen and oxygen atoms in total. The smallest absolute Gasteiger partial charge is 0.189 e. The normalized spacial score (nSPS) is 19.4. The number of methoxy groups -OCH3 is 1. The van der Waals surface area contributed by atoms with Crippen LogP contribution in [0.5, 0.6) is 0 Å². The number of aliphatic hydroxyl groups excluding tert-OH is 1. The molecule has 3 aromatic heterocycles. The van der Waals surface area contributed by atoms with Gasteiger partial charge in [0.25, 0.3) is 0 Å². The Morgan fingerprint density at radius 1 is 1.10 bits per heavy atom. The number of aromatic nitrogens is 4. The summed E-state index contributed by atoms with van der Waals surface area (Å²) in [5.74, 6) is -0.728. The number of aliphatic hydroxyl groups is 1. The molecule has 0 radical (unpaired) electrons. The highest BCUT2D eigenvalue weighted by atomic mass is 32.2. The van der Waals surface area contributed by atoms with Gasteiger partial charge in [-0.3, -0.25) is 9.78 Å². The van der Waals surface area contributed by atoms with E-state index in [9.17, 15) is 18.3 Å². The number of carbonyl (C=O) groups excluding carboxylic acids is 1. The summed E-state index contributed by atoms with van der Waals surface area (Å²) in [7, 11) is -2.24. The van der Waals surface area contributed by atoms with Gasteiger partial charge in [0.15, 0.2) is 21.3 Å². The number of hydrogen-bond donors (Lipinski definition) is 2. The number of carbonyl (C=O) groups is 1. The Morgan fingerprint density at radius 3 is 2.44 bits per heavy atom. The van der Waals surface area contributed by atoms with Crippen molar-refractivity contribution in [1.29, 1.82) is 0 Å². The Bertz CT molecular complexity index is 1650. The van der Waals surface area contributed by atoms with Crippen molar-refractivity contribution in [3.8, 4) is 22.4 Å². The highest BCUT2D eigenvalue weighted by Crippen LogP contribution is 2.43. The molecule has 41 heavy (non-hydrogen) atoms. The van der Waals surface area contributed by atoms with Crippen molar-refractivity contribution in [1.82, 2.24) is 19.6 Å². The SMILES string of the molecule is COCCO[C@]1(C(=O)CO)CC[C@@H](c2nc3c(-c4ccc(-c5ccccc5)nc4)cnn3c(N)c2S(C)(=O)=O)CC1. The number of Topliss-reactive ketones (excluding diaryl/α,β-unsaturated/α-hetero) is 1. The lowest BCUT2D eigenvalue weighted by Gasteiger charge is -2.38. The van der Waals surface area contributed by atoms with Crippen molar-refractivity contribution in [3.63, 3.8) is 0 Å². The third kappa shape index (κ3) is 5.60. The second-order valence-corrected chi connectivity index (χ2v) is 12.2. The maximum Gasteiger partial charge on any atom is 0.189 e. The lowest BCUT2D eigenvalue weighted by Crippen LogP contribution is -2.46. The predicted molar refractivity (Wildman–Crippen MR) is 153 cm³/mol. The number of pyridine rings is 1. The molecule has 1 aliphatic carbocycles. The molecule has 5 rings (SSSR count). The van der Waals surface area contributed by atoms with E-state index in [4.69, 9.17) is 20.2 Å². The molecular weight excluding hydrogens is 546 g/mol. The Labute approximate surface area is 238 Å². The summed E-state index contributed by atoms with van der Waals surface area (Å²) in [5, 5.41) is 14.0. The summed E-state index contributed by atoms with van der Waals surface area (Å²) in [6.45, 7) is -0.128. The standard InChI is InChI=1S/C29H33N5O6S/c1-39-14-15-40-29(24(36)18-35)12-10-20(11-13-29)25-26(41(2,37)38)27(30)34-28(33-25)22(17-32-34)21-8-9-23(31-16-21)19-6-4-3-5-7-19/h3-9,16-17,20,35H,10-15,18,30H2,1-2H3/t20-,29-. The van der Waals surface area contributed by atoms with Crippen LogP contribution in [0.1, 0.15) is 37.3 Å². The van der Waals surface area contributed by atoms with Gasteiger partial charge in [0, 0.05) is 42.2 Å². The van der Waals surface area contributed by atoms with Crippen LogP contribution in [-0.2, 0) is 24.1 Å². The molecule has 1 aliphatic rings. The largest absolute Gasteiger partial charge is 0.388 e. The molecule has 216 valence electrons.